The highest BCUT2D eigenvalue weighted by Gasteiger charge is 2.27. The summed E-state index contributed by atoms with van der Waals surface area (Å²) in [5.41, 5.74) is 0.888. The minimum Gasteiger partial charge on any atom is -0.369 e. The topological polar surface area (TPSA) is 81.8 Å². The largest absolute Gasteiger partial charge is 0.369 e. The number of halogens is 1. The van der Waals surface area contributed by atoms with Crippen LogP contribution in [0.2, 0.25) is 0 Å². The standard InChI is InChI=1S/C19H29FN4O3S/c20-16-6-8-18(9-7-16)23-11-13-24(14-12-23)28(26,27)15-10-21-19(25)22-17-4-2-1-3-5-17/h6-9,17H,1-5,10-15H2,(H2,21,22,25). The molecule has 2 N–H and O–H groups in total. The summed E-state index contributed by atoms with van der Waals surface area (Å²) in [6, 6.07) is 6.13. The van der Waals surface area contributed by atoms with Crippen LogP contribution in [0.1, 0.15) is 32.1 Å². The van der Waals surface area contributed by atoms with Gasteiger partial charge >= 0.3 is 6.03 Å². The first-order valence-corrected chi connectivity index (χ1v) is 11.6. The van der Waals surface area contributed by atoms with Gasteiger partial charge in [-0.05, 0) is 37.1 Å². The predicted molar refractivity (Wildman–Crippen MR) is 107 cm³/mol. The molecule has 7 nitrogen and oxygen atoms in total. The molecule has 1 aromatic carbocycles. The molecule has 2 amide bonds. The van der Waals surface area contributed by atoms with Gasteiger partial charge in [-0.1, -0.05) is 19.3 Å². The lowest BCUT2D eigenvalue weighted by Gasteiger charge is -2.35. The fourth-order valence-corrected chi connectivity index (χ4v) is 5.12. The summed E-state index contributed by atoms with van der Waals surface area (Å²) in [5.74, 6) is -0.397. The summed E-state index contributed by atoms with van der Waals surface area (Å²) >= 11 is 0. The Hall–Kier alpha value is -1.87. The number of rotatable bonds is 6. The molecule has 28 heavy (non-hydrogen) atoms. The maximum absolute atomic E-state index is 13.0. The zero-order valence-electron chi connectivity index (χ0n) is 16.1. The molecule has 0 atom stereocenters. The van der Waals surface area contributed by atoms with Crippen molar-refractivity contribution in [3.05, 3.63) is 30.1 Å². The summed E-state index contributed by atoms with van der Waals surface area (Å²) in [5, 5.41) is 5.58. The number of carbonyl (C=O) groups excluding carboxylic acids is 1. The molecular weight excluding hydrogens is 383 g/mol. The Morgan fingerprint density at radius 3 is 2.32 bits per heavy atom. The SMILES string of the molecule is O=C(NCCS(=O)(=O)N1CCN(c2ccc(F)cc2)CC1)NC1CCCCC1. The van der Waals surface area contributed by atoms with Crippen LogP contribution in [0.5, 0.6) is 0 Å². The van der Waals surface area contributed by atoms with Crippen molar-refractivity contribution in [2.24, 2.45) is 0 Å². The molecule has 1 aliphatic carbocycles. The van der Waals surface area contributed by atoms with E-state index in [4.69, 9.17) is 0 Å². The average Bonchev–Trinajstić information content (AvgIpc) is 2.69. The van der Waals surface area contributed by atoms with Crippen LogP contribution in [0, 0.1) is 5.82 Å². The Morgan fingerprint density at radius 2 is 1.68 bits per heavy atom. The van der Waals surface area contributed by atoms with Gasteiger partial charge in [0.1, 0.15) is 5.82 Å². The molecule has 0 unspecified atom stereocenters. The smallest absolute Gasteiger partial charge is 0.315 e. The summed E-state index contributed by atoms with van der Waals surface area (Å²) in [7, 11) is -3.42. The van der Waals surface area contributed by atoms with Crippen molar-refractivity contribution in [3.63, 3.8) is 0 Å². The number of anilines is 1. The second-order valence-electron chi connectivity index (χ2n) is 7.41. The minimum atomic E-state index is -3.42. The van der Waals surface area contributed by atoms with Crippen LogP contribution < -0.4 is 15.5 Å². The van der Waals surface area contributed by atoms with Crippen LogP contribution >= 0.6 is 0 Å². The van der Waals surface area contributed by atoms with Crippen molar-refractivity contribution in [1.29, 1.82) is 0 Å². The molecule has 2 aliphatic rings. The van der Waals surface area contributed by atoms with E-state index in [1.165, 1.54) is 22.9 Å². The minimum absolute atomic E-state index is 0.0963. The molecule has 0 aromatic heterocycles. The highest BCUT2D eigenvalue weighted by Crippen LogP contribution is 2.18. The first kappa shape index (κ1) is 20.9. The van der Waals surface area contributed by atoms with Gasteiger partial charge in [0.2, 0.25) is 10.0 Å². The van der Waals surface area contributed by atoms with Crippen LogP contribution in [0.3, 0.4) is 0 Å². The van der Waals surface area contributed by atoms with Gasteiger partial charge in [-0.25, -0.2) is 17.6 Å². The number of hydrogen-bond donors (Lipinski definition) is 2. The van der Waals surface area contributed by atoms with Crippen molar-refractivity contribution < 1.29 is 17.6 Å². The Bertz CT molecular complexity index is 743. The van der Waals surface area contributed by atoms with E-state index in [-0.39, 0.29) is 30.2 Å². The second kappa shape index (κ2) is 9.56. The fourth-order valence-electron chi connectivity index (χ4n) is 3.78. The monoisotopic (exact) mass is 412 g/mol. The molecule has 2 fully saturated rings. The number of sulfonamides is 1. The molecule has 1 saturated carbocycles. The molecule has 1 aliphatic heterocycles. The van der Waals surface area contributed by atoms with Crippen molar-refractivity contribution in [2.45, 2.75) is 38.1 Å². The van der Waals surface area contributed by atoms with Gasteiger partial charge in [0.25, 0.3) is 0 Å². The van der Waals surface area contributed by atoms with Crippen molar-refractivity contribution >= 4 is 21.7 Å². The lowest BCUT2D eigenvalue weighted by molar-refractivity contribution is 0.233. The molecule has 1 heterocycles. The highest BCUT2D eigenvalue weighted by atomic mass is 32.2. The molecule has 1 aromatic rings. The Labute approximate surface area is 166 Å². The normalized spacial score (nSPS) is 19.4. The summed E-state index contributed by atoms with van der Waals surface area (Å²) < 4.78 is 39.6. The van der Waals surface area contributed by atoms with E-state index in [0.29, 0.717) is 26.2 Å². The predicted octanol–water partition coefficient (Wildman–Crippen LogP) is 1.91. The fraction of sp³-hybridized carbons (Fsp3) is 0.632. The Kier molecular flexibility index (Phi) is 7.12. The maximum Gasteiger partial charge on any atom is 0.315 e. The lowest BCUT2D eigenvalue weighted by atomic mass is 9.96. The lowest BCUT2D eigenvalue weighted by Crippen LogP contribution is -2.50. The quantitative estimate of drug-likeness (QED) is 0.748. The third-order valence-corrected chi connectivity index (χ3v) is 7.28. The number of hydrogen-bond acceptors (Lipinski definition) is 4. The molecular formula is C19H29FN4O3S. The maximum atomic E-state index is 13.0. The van der Waals surface area contributed by atoms with Gasteiger partial charge in [0.05, 0.1) is 5.75 Å². The van der Waals surface area contributed by atoms with E-state index in [9.17, 15) is 17.6 Å². The number of amides is 2. The van der Waals surface area contributed by atoms with E-state index in [0.717, 1.165) is 31.4 Å². The van der Waals surface area contributed by atoms with Crippen molar-refractivity contribution in [3.8, 4) is 0 Å². The van der Waals surface area contributed by atoms with E-state index in [1.54, 1.807) is 12.1 Å². The van der Waals surface area contributed by atoms with Gasteiger partial charge in [-0.2, -0.15) is 4.31 Å². The van der Waals surface area contributed by atoms with E-state index in [2.05, 4.69) is 10.6 Å². The molecule has 3 rings (SSSR count). The van der Waals surface area contributed by atoms with E-state index < -0.39 is 10.0 Å². The molecule has 0 radical (unpaired) electrons. The first-order chi connectivity index (χ1) is 13.4. The van der Waals surface area contributed by atoms with Gasteiger partial charge in [-0.15, -0.1) is 0 Å². The zero-order valence-corrected chi connectivity index (χ0v) is 16.9. The molecule has 156 valence electrons. The number of urea groups is 1. The number of piperazine rings is 1. The van der Waals surface area contributed by atoms with Gasteiger partial charge in [-0.3, -0.25) is 0 Å². The number of carbonyl (C=O) groups is 1. The summed E-state index contributed by atoms with van der Waals surface area (Å²) in [4.78, 5) is 14.0. The number of nitrogens with one attached hydrogen (secondary N) is 2. The Morgan fingerprint density at radius 1 is 1.04 bits per heavy atom. The first-order valence-electron chi connectivity index (χ1n) is 9.97. The van der Waals surface area contributed by atoms with Crippen LogP contribution in [-0.4, -0.2) is 63.3 Å². The van der Waals surface area contributed by atoms with Crippen LogP contribution in [0.4, 0.5) is 14.9 Å². The average molecular weight is 413 g/mol. The van der Waals surface area contributed by atoms with Crippen LogP contribution in [0.25, 0.3) is 0 Å². The van der Waals surface area contributed by atoms with Gasteiger partial charge in [0.15, 0.2) is 0 Å². The molecule has 9 heteroatoms. The van der Waals surface area contributed by atoms with Gasteiger partial charge < -0.3 is 15.5 Å². The van der Waals surface area contributed by atoms with E-state index in [1.807, 2.05) is 4.90 Å². The molecule has 0 bridgehead atoms. The second-order valence-corrected chi connectivity index (χ2v) is 9.50. The Balaban J connectivity index is 1.40. The summed E-state index contributed by atoms with van der Waals surface area (Å²) in [6.07, 6.45) is 5.45. The van der Waals surface area contributed by atoms with Crippen LogP contribution in [-0.2, 0) is 10.0 Å². The van der Waals surface area contributed by atoms with Crippen molar-refractivity contribution in [1.82, 2.24) is 14.9 Å². The molecule has 0 spiro atoms. The third kappa shape index (κ3) is 5.81. The zero-order chi connectivity index (χ0) is 20.0. The van der Waals surface area contributed by atoms with Crippen molar-refractivity contribution in [2.75, 3.05) is 43.4 Å². The van der Waals surface area contributed by atoms with E-state index >= 15 is 0 Å². The number of nitrogens with zero attached hydrogens (tertiary/aromatic N) is 2. The van der Waals surface area contributed by atoms with Crippen LogP contribution in [0.15, 0.2) is 24.3 Å². The van der Waals surface area contributed by atoms with Gasteiger partial charge in [0, 0.05) is 44.5 Å². The number of benzene rings is 1. The highest BCUT2D eigenvalue weighted by molar-refractivity contribution is 7.89. The summed E-state index contributed by atoms with van der Waals surface area (Å²) in [6.45, 7) is 1.97. The third-order valence-electron chi connectivity index (χ3n) is 5.41. The molecule has 1 saturated heterocycles.